The molecule has 0 fully saturated rings. The summed E-state index contributed by atoms with van der Waals surface area (Å²) in [6.45, 7) is 2.18. The van der Waals surface area contributed by atoms with Gasteiger partial charge in [0.05, 0.1) is 23.5 Å². The summed E-state index contributed by atoms with van der Waals surface area (Å²) >= 11 is 0. The average molecular weight is 412 g/mol. The molecule has 0 radical (unpaired) electrons. The maximum absolute atomic E-state index is 13.0. The Kier molecular flexibility index (Phi) is 5.91. The minimum absolute atomic E-state index is 0.131. The van der Waals surface area contributed by atoms with E-state index < -0.39 is 6.04 Å². The van der Waals surface area contributed by atoms with Crippen molar-refractivity contribution >= 4 is 22.5 Å². The maximum atomic E-state index is 13.0. The molecule has 4 rings (SSSR count). The molecule has 1 atom stereocenters. The molecule has 0 unspecified atom stereocenters. The third-order valence-corrected chi connectivity index (χ3v) is 5.37. The van der Waals surface area contributed by atoms with E-state index in [-0.39, 0.29) is 11.5 Å². The minimum Gasteiger partial charge on any atom is -0.324 e. The van der Waals surface area contributed by atoms with E-state index >= 15 is 0 Å². The van der Waals surface area contributed by atoms with Crippen LogP contribution in [0.15, 0.2) is 83.7 Å². The Morgan fingerprint density at radius 2 is 1.68 bits per heavy atom. The van der Waals surface area contributed by atoms with E-state index in [9.17, 15) is 9.59 Å². The molecule has 6 heteroatoms. The molecule has 2 N–H and O–H groups in total. The number of anilines is 1. The highest BCUT2D eigenvalue weighted by molar-refractivity contribution is 5.98. The summed E-state index contributed by atoms with van der Waals surface area (Å²) in [4.78, 5) is 34.5. The molecule has 3 aromatic carbocycles. The van der Waals surface area contributed by atoms with Crippen molar-refractivity contribution in [2.24, 2.45) is 0 Å². The number of hydrogen-bond donors (Lipinski definition) is 2. The zero-order valence-corrected chi connectivity index (χ0v) is 17.5. The van der Waals surface area contributed by atoms with Gasteiger partial charge in [-0.25, -0.2) is 4.98 Å². The van der Waals surface area contributed by atoms with E-state index in [0.717, 1.165) is 16.8 Å². The summed E-state index contributed by atoms with van der Waals surface area (Å²) in [5, 5.41) is 3.60. The van der Waals surface area contributed by atoms with Crippen LogP contribution in [0.2, 0.25) is 0 Å². The van der Waals surface area contributed by atoms with Crippen molar-refractivity contribution in [3.8, 4) is 11.1 Å². The molecule has 0 saturated carbocycles. The highest BCUT2D eigenvalue weighted by atomic mass is 16.2. The number of carbonyl (C=O) groups excluding carboxylic acids is 1. The zero-order chi connectivity index (χ0) is 21.8. The molecule has 0 bridgehead atoms. The van der Waals surface area contributed by atoms with E-state index in [2.05, 4.69) is 15.3 Å². The lowest BCUT2D eigenvalue weighted by atomic mass is 10.0. The number of carbonyl (C=O) groups is 1. The molecule has 0 aliphatic rings. The zero-order valence-electron chi connectivity index (χ0n) is 17.5. The molecule has 1 heterocycles. The van der Waals surface area contributed by atoms with Crippen LogP contribution < -0.4 is 10.9 Å². The van der Waals surface area contributed by atoms with E-state index in [4.69, 9.17) is 0 Å². The Hall–Kier alpha value is -3.77. The Morgan fingerprint density at radius 1 is 1.00 bits per heavy atom. The Bertz CT molecular complexity index is 1270. The quantitative estimate of drug-likeness (QED) is 0.501. The van der Waals surface area contributed by atoms with Crippen LogP contribution in [-0.2, 0) is 11.3 Å². The number of fused-ring (bicyclic) bond motifs is 1. The van der Waals surface area contributed by atoms with Crippen LogP contribution >= 0.6 is 0 Å². The van der Waals surface area contributed by atoms with Crippen LogP contribution in [0.25, 0.3) is 22.0 Å². The van der Waals surface area contributed by atoms with Gasteiger partial charge >= 0.3 is 0 Å². The van der Waals surface area contributed by atoms with Crippen molar-refractivity contribution in [2.75, 3.05) is 12.4 Å². The van der Waals surface area contributed by atoms with Crippen molar-refractivity contribution in [2.45, 2.75) is 19.5 Å². The van der Waals surface area contributed by atoms with E-state index in [0.29, 0.717) is 23.3 Å². The first-order valence-electron chi connectivity index (χ1n) is 10.2. The monoisotopic (exact) mass is 412 g/mol. The molecule has 31 heavy (non-hydrogen) atoms. The molecular weight excluding hydrogens is 388 g/mol. The molecule has 0 aliphatic heterocycles. The number of nitrogens with one attached hydrogen (secondary N) is 2. The van der Waals surface area contributed by atoms with Gasteiger partial charge in [0, 0.05) is 11.3 Å². The number of amides is 1. The Balaban J connectivity index is 1.50. The number of aromatic amines is 1. The summed E-state index contributed by atoms with van der Waals surface area (Å²) in [7, 11) is 1.84. The molecule has 4 aromatic rings. The molecule has 156 valence electrons. The summed E-state index contributed by atoms with van der Waals surface area (Å²) in [5.74, 6) is 0.393. The van der Waals surface area contributed by atoms with Crippen molar-refractivity contribution in [3.63, 3.8) is 0 Å². The van der Waals surface area contributed by atoms with E-state index in [1.807, 2.05) is 91.7 Å². The number of rotatable bonds is 6. The van der Waals surface area contributed by atoms with Gasteiger partial charge in [0.25, 0.3) is 5.56 Å². The number of nitrogens with zero attached hydrogens (tertiary/aromatic N) is 2. The van der Waals surface area contributed by atoms with Crippen molar-refractivity contribution in [1.29, 1.82) is 0 Å². The third kappa shape index (κ3) is 4.54. The fourth-order valence-corrected chi connectivity index (χ4v) is 3.48. The SMILES string of the molecule is C[C@H](C(=O)Nc1ccccc1-c1ccccc1)N(C)Cc1nc2ccccc2c(=O)[nH]1. The van der Waals surface area contributed by atoms with Gasteiger partial charge < -0.3 is 10.3 Å². The molecule has 6 nitrogen and oxygen atoms in total. The van der Waals surface area contributed by atoms with Crippen LogP contribution in [0.4, 0.5) is 5.69 Å². The van der Waals surface area contributed by atoms with Crippen LogP contribution in [0.3, 0.4) is 0 Å². The van der Waals surface area contributed by atoms with E-state index in [1.54, 1.807) is 6.07 Å². The molecule has 1 aromatic heterocycles. The lowest BCUT2D eigenvalue weighted by Crippen LogP contribution is -2.39. The molecule has 0 aliphatic carbocycles. The fourth-order valence-electron chi connectivity index (χ4n) is 3.48. The highest BCUT2D eigenvalue weighted by Crippen LogP contribution is 2.27. The first-order valence-corrected chi connectivity index (χ1v) is 10.2. The topological polar surface area (TPSA) is 78.1 Å². The molecule has 0 saturated heterocycles. The highest BCUT2D eigenvalue weighted by Gasteiger charge is 2.20. The van der Waals surface area contributed by atoms with Gasteiger partial charge in [-0.15, -0.1) is 0 Å². The van der Waals surface area contributed by atoms with E-state index in [1.165, 1.54) is 0 Å². The smallest absolute Gasteiger partial charge is 0.258 e. The minimum atomic E-state index is -0.430. The number of H-pyrrole nitrogens is 1. The molecular formula is C25H24N4O2. The fraction of sp³-hybridized carbons (Fsp3) is 0.160. The first kappa shape index (κ1) is 20.5. The van der Waals surface area contributed by atoms with Crippen LogP contribution in [0, 0.1) is 0 Å². The Morgan fingerprint density at radius 3 is 2.48 bits per heavy atom. The summed E-state index contributed by atoms with van der Waals surface area (Å²) in [6, 6.07) is 24.5. The Labute approximate surface area is 180 Å². The predicted molar refractivity (Wildman–Crippen MR) is 124 cm³/mol. The van der Waals surface area contributed by atoms with Gasteiger partial charge in [0.1, 0.15) is 5.82 Å². The summed E-state index contributed by atoms with van der Waals surface area (Å²) in [5.41, 5.74) is 3.23. The second kappa shape index (κ2) is 8.93. The van der Waals surface area contributed by atoms with Gasteiger partial charge in [-0.1, -0.05) is 60.7 Å². The lowest BCUT2D eigenvalue weighted by Gasteiger charge is -2.24. The molecule has 0 spiro atoms. The maximum Gasteiger partial charge on any atom is 0.258 e. The number of aromatic nitrogens is 2. The second-order valence-corrected chi connectivity index (χ2v) is 7.52. The molecule has 1 amide bonds. The van der Waals surface area contributed by atoms with Gasteiger partial charge in [-0.2, -0.15) is 0 Å². The third-order valence-electron chi connectivity index (χ3n) is 5.37. The van der Waals surface area contributed by atoms with Crippen molar-refractivity contribution in [1.82, 2.24) is 14.9 Å². The largest absolute Gasteiger partial charge is 0.324 e. The number of hydrogen-bond acceptors (Lipinski definition) is 4. The van der Waals surface area contributed by atoms with Gasteiger partial charge in [-0.05, 0) is 37.7 Å². The number of likely N-dealkylation sites (N-methyl/N-ethyl adjacent to an activating group) is 1. The average Bonchev–Trinajstić information content (AvgIpc) is 2.79. The van der Waals surface area contributed by atoms with Gasteiger partial charge in [0.2, 0.25) is 5.91 Å². The second-order valence-electron chi connectivity index (χ2n) is 7.52. The first-order chi connectivity index (χ1) is 15.0. The van der Waals surface area contributed by atoms with Gasteiger partial charge in [0.15, 0.2) is 0 Å². The predicted octanol–water partition coefficient (Wildman–Crippen LogP) is 4.05. The van der Waals surface area contributed by atoms with Gasteiger partial charge in [-0.3, -0.25) is 14.5 Å². The number of para-hydroxylation sites is 2. The summed E-state index contributed by atoms with van der Waals surface area (Å²) < 4.78 is 0. The summed E-state index contributed by atoms with van der Waals surface area (Å²) in [6.07, 6.45) is 0. The van der Waals surface area contributed by atoms with Crippen molar-refractivity contribution < 1.29 is 4.79 Å². The standard InChI is InChI=1S/C25H24N4O2/c1-17(29(2)16-23-26-22-15-9-7-13-20(22)25(31)28-23)24(30)27-21-14-8-6-12-19(21)18-10-4-3-5-11-18/h3-15,17H,16H2,1-2H3,(H,27,30)(H,26,28,31)/t17-/m1/s1. The van der Waals surface area contributed by atoms with Crippen LogP contribution in [0.1, 0.15) is 12.7 Å². The normalized spacial score (nSPS) is 12.1. The van der Waals surface area contributed by atoms with Crippen molar-refractivity contribution in [3.05, 3.63) is 95.0 Å². The lowest BCUT2D eigenvalue weighted by molar-refractivity contribution is -0.120. The van der Waals surface area contributed by atoms with Crippen LogP contribution in [-0.4, -0.2) is 33.9 Å². The number of benzene rings is 3. The van der Waals surface area contributed by atoms with Crippen LogP contribution in [0.5, 0.6) is 0 Å².